The van der Waals surface area contributed by atoms with Crippen LogP contribution >= 0.6 is 27.3 Å². The zero-order valence-corrected chi connectivity index (χ0v) is 13.2. The van der Waals surface area contributed by atoms with Crippen LogP contribution < -0.4 is 5.32 Å². The topological polar surface area (TPSA) is 24.9 Å². The largest absolute Gasteiger partial charge is 0.361 e. The van der Waals surface area contributed by atoms with Crippen molar-refractivity contribution in [1.29, 1.82) is 0 Å². The summed E-state index contributed by atoms with van der Waals surface area (Å²) in [5.41, 5.74) is 4.04. The van der Waals surface area contributed by atoms with E-state index in [1.54, 1.807) is 11.3 Å². The maximum absolute atomic E-state index is 4.64. The number of rotatable bonds is 3. The molecule has 100 valence electrons. The smallest absolute Gasteiger partial charge is 0.183 e. The highest BCUT2D eigenvalue weighted by atomic mass is 79.9. The molecule has 0 fully saturated rings. The van der Waals surface area contributed by atoms with E-state index in [0.29, 0.717) is 5.92 Å². The Bertz CT molecular complexity index is 781. The molecule has 1 aliphatic carbocycles. The SMILES string of the molecule is Brc1ccc2sc(NCC3Cc4ccccc43)nc2c1. The molecule has 3 aromatic rings. The Morgan fingerprint density at radius 3 is 3.05 bits per heavy atom. The molecular weight excluding hydrogens is 332 g/mol. The molecule has 2 aromatic carbocycles. The van der Waals surface area contributed by atoms with Gasteiger partial charge in [0.1, 0.15) is 0 Å². The van der Waals surface area contributed by atoms with Gasteiger partial charge in [-0.1, -0.05) is 51.5 Å². The Morgan fingerprint density at radius 1 is 1.25 bits per heavy atom. The number of hydrogen-bond donors (Lipinski definition) is 1. The molecule has 0 radical (unpaired) electrons. The third kappa shape index (κ3) is 2.13. The summed E-state index contributed by atoms with van der Waals surface area (Å²) >= 11 is 5.21. The molecule has 0 saturated carbocycles. The zero-order valence-electron chi connectivity index (χ0n) is 10.8. The van der Waals surface area contributed by atoms with Gasteiger partial charge < -0.3 is 5.32 Å². The van der Waals surface area contributed by atoms with Crippen molar-refractivity contribution in [2.45, 2.75) is 12.3 Å². The van der Waals surface area contributed by atoms with Crippen molar-refractivity contribution in [3.05, 3.63) is 58.1 Å². The molecule has 4 heteroatoms. The van der Waals surface area contributed by atoms with Crippen molar-refractivity contribution in [3.8, 4) is 0 Å². The molecule has 1 heterocycles. The van der Waals surface area contributed by atoms with Crippen LogP contribution in [0.25, 0.3) is 10.2 Å². The lowest BCUT2D eigenvalue weighted by Gasteiger charge is -2.30. The van der Waals surface area contributed by atoms with Crippen molar-refractivity contribution in [2.24, 2.45) is 0 Å². The number of aromatic nitrogens is 1. The Labute approximate surface area is 130 Å². The van der Waals surface area contributed by atoms with Crippen LogP contribution in [0.3, 0.4) is 0 Å². The van der Waals surface area contributed by atoms with Gasteiger partial charge in [0.05, 0.1) is 10.2 Å². The van der Waals surface area contributed by atoms with Crippen molar-refractivity contribution in [2.75, 3.05) is 11.9 Å². The van der Waals surface area contributed by atoms with Crippen LogP contribution in [0, 0.1) is 0 Å². The molecule has 4 rings (SSSR count). The van der Waals surface area contributed by atoms with Crippen LogP contribution in [-0.4, -0.2) is 11.5 Å². The van der Waals surface area contributed by atoms with Gasteiger partial charge in [0.15, 0.2) is 5.13 Å². The predicted molar refractivity (Wildman–Crippen MR) is 88.7 cm³/mol. The van der Waals surface area contributed by atoms with Crippen LogP contribution in [0.1, 0.15) is 17.0 Å². The van der Waals surface area contributed by atoms with E-state index in [0.717, 1.165) is 21.7 Å². The van der Waals surface area contributed by atoms with E-state index in [1.165, 1.54) is 22.2 Å². The molecule has 1 aromatic heterocycles. The van der Waals surface area contributed by atoms with Gasteiger partial charge in [-0.15, -0.1) is 0 Å². The summed E-state index contributed by atoms with van der Waals surface area (Å²) in [6.07, 6.45) is 1.18. The maximum Gasteiger partial charge on any atom is 0.183 e. The minimum atomic E-state index is 0.630. The lowest BCUT2D eigenvalue weighted by molar-refractivity contribution is 0.635. The van der Waals surface area contributed by atoms with E-state index in [-0.39, 0.29) is 0 Å². The van der Waals surface area contributed by atoms with E-state index in [2.05, 4.69) is 68.7 Å². The average Bonchev–Trinajstić information content (AvgIpc) is 2.81. The highest BCUT2D eigenvalue weighted by molar-refractivity contribution is 9.10. The molecule has 1 aliphatic rings. The number of benzene rings is 2. The molecule has 2 nitrogen and oxygen atoms in total. The number of nitrogens with zero attached hydrogens (tertiary/aromatic N) is 1. The van der Waals surface area contributed by atoms with Crippen LogP contribution in [0.2, 0.25) is 0 Å². The Balaban J connectivity index is 1.49. The first-order valence-corrected chi connectivity index (χ1v) is 8.28. The molecule has 0 spiro atoms. The Kier molecular flexibility index (Phi) is 3.00. The van der Waals surface area contributed by atoms with Crippen LogP contribution in [0.15, 0.2) is 46.9 Å². The minimum absolute atomic E-state index is 0.630. The molecule has 0 amide bonds. The summed E-state index contributed by atoms with van der Waals surface area (Å²) in [7, 11) is 0. The van der Waals surface area contributed by atoms with Crippen molar-refractivity contribution in [1.82, 2.24) is 4.98 Å². The molecule has 0 bridgehead atoms. The van der Waals surface area contributed by atoms with Crippen LogP contribution in [-0.2, 0) is 6.42 Å². The molecule has 0 aliphatic heterocycles. The summed E-state index contributed by atoms with van der Waals surface area (Å²) in [6, 6.07) is 14.9. The maximum atomic E-state index is 4.64. The van der Waals surface area contributed by atoms with Crippen molar-refractivity contribution >= 4 is 42.6 Å². The van der Waals surface area contributed by atoms with Gasteiger partial charge in [-0.3, -0.25) is 0 Å². The lowest BCUT2D eigenvalue weighted by atomic mass is 9.78. The van der Waals surface area contributed by atoms with Gasteiger partial charge in [0, 0.05) is 16.9 Å². The number of fused-ring (bicyclic) bond motifs is 2. The first-order valence-electron chi connectivity index (χ1n) is 6.67. The highest BCUT2D eigenvalue weighted by Crippen LogP contribution is 2.35. The molecule has 1 unspecified atom stereocenters. The normalized spacial score (nSPS) is 16.8. The van der Waals surface area contributed by atoms with Crippen molar-refractivity contribution in [3.63, 3.8) is 0 Å². The van der Waals surface area contributed by atoms with Gasteiger partial charge in [0.2, 0.25) is 0 Å². The van der Waals surface area contributed by atoms with E-state index in [4.69, 9.17) is 0 Å². The fourth-order valence-corrected chi connectivity index (χ4v) is 3.93. The predicted octanol–water partition coefficient (Wildman–Crippen LogP) is 4.81. The third-order valence-corrected chi connectivity index (χ3v) is 5.30. The van der Waals surface area contributed by atoms with Gasteiger partial charge >= 0.3 is 0 Å². The molecule has 1 N–H and O–H groups in total. The average molecular weight is 345 g/mol. The van der Waals surface area contributed by atoms with E-state index in [9.17, 15) is 0 Å². The Morgan fingerprint density at radius 2 is 2.15 bits per heavy atom. The number of thiazole rings is 1. The number of nitrogens with one attached hydrogen (secondary N) is 1. The summed E-state index contributed by atoms with van der Waals surface area (Å²) in [5.74, 6) is 0.630. The third-order valence-electron chi connectivity index (χ3n) is 3.81. The summed E-state index contributed by atoms with van der Waals surface area (Å²) in [4.78, 5) is 4.64. The van der Waals surface area contributed by atoms with Crippen molar-refractivity contribution < 1.29 is 0 Å². The summed E-state index contributed by atoms with van der Waals surface area (Å²) in [5, 5.41) is 4.50. The van der Waals surface area contributed by atoms with E-state index >= 15 is 0 Å². The van der Waals surface area contributed by atoms with E-state index in [1.807, 2.05) is 0 Å². The lowest BCUT2D eigenvalue weighted by Crippen LogP contribution is -2.24. The molecule has 0 saturated heterocycles. The zero-order chi connectivity index (χ0) is 13.5. The second-order valence-corrected chi connectivity index (χ2v) is 7.06. The van der Waals surface area contributed by atoms with Gasteiger partial charge in [-0.05, 0) is 35.7 Å². The quantitative estimate of drug-likeness (QED) is 0.737. The fourth-order valence-electron chi connectivity index (χ4n) is 2.73. The Hall–Kier alpha value is -1.39. The van der Waals surface area contributed by atoms with Crippen LogP contribution in [0.4, 0.5) is 5.13 Å². The minimum Gasteiger partial charge on any atom is -0.361 e. The molecule has 20 heavy (non-hydrogen) atoms. The van der Waals surface area contributed by atoms with Crippen LogP contribution in [0.5, 0.6) is 0 Å². The summed E-state index contributed by atoms with van der Waals surface area (Å²) < 4.78 is 2.31. The number of hydrogen-bond acceptors (Lipinski definition) is 3. The number of anilines is 1. The van der Waals surface area contributed by atoms with E-state index < -0.39 is 0 Å². The van der Waals surface area contributed by atoms with Gasteiger partial charge in [-0.2, -0.15) is 0 Å². The summed E-state index contributed by atoms with van der Waals surface area (Å²) in [6.45, 7) is 0.970. The number of halogens is 1. The highest BCUT2D eigenvalue weighted by Gasteiger charge is 2.25. The standard InChI is InChI=1S/C16H13BrN2S/c17-12-5-6-15-14(8-12)19-16(20-15)18-9-11-7-10-3-1-2-4-13(10)11/h1-6,8,11H,7,9H2,(H,18,19). The first-order chi connectivity index (χ1) is 9.79. The molecular formula is C16H13BrN2S. The van der Waals surface area contributed by atoms with Gasteiger partial charge in [-0.25, -0.2) is 4.98 Å². The van der Waals surface area contributed by atoms with Gasteiger partial charge in [0.25, 0.3) is 0 Å². The monoisotopic (exact) mass is 344 g/mol. The fraction of sp³-hybridized carbons (Fsp3) is 0.188. The second kappa shape index (κ2) is 4.86. The second-order valence-electron chi connectivity index (χ2n) is 5.11. The first kappa shape index (κ1) is 12.4. The molecule has 1 atom stereocenters.